The summed E-state index contributed by atoms with van der Waals surface area (Å²) in [5, 5.41) is 12.7. The molecule has 1 heterocycles. The second-order valence-electron chi connectivity index (χ2n) is 4.04. The Hall–Kier alpha value is -1.32. The van der Waals surface area contributed by atoms with Crippen LogP contribution in [-0.4, -0.2) is 20.9 Å². The smallest absolute Gasteiger partial charge is 0.356 e. The third kappa shape index (κ3) is 4.47. The van der Waals surface area contributed by atoms with E-state index in [1.165, 1.54) is 32.1 Å². The lowest BCUT2D eigenvalue weighted by Crippen LogP contribution is -2.02. The van der Waals surface area contributed by atoms with Gasteiger partial charge in [-0.05, 0) is 12.5 Å². The van der Waals surface area contributed by atoms with Crippen molar-refractivity contribution in [1.82, 2.24) is 9.78 Å². The van der Waals surface area contributed by atoms with Gasteiger partial charge in [-0.1, -0.05) is 39.0 Å². The molecule has 0 spiro atoms. The Kier molecular flexibility index (Phi) is 5.61. The van der Waals surface area contributed by atoms with Crippen molar-refractivity contribution in [3.05, 3.63) is 18.0 Å². The Morgan fingerprint density at radius 3 is 2.62 bits per heavy atom. The number of aromatic carboxylic acids is 1. The molecule has 1 aromatic heterocycles. The number of unbranched alkanes of at least 4 members (excludes halogenated alkanes) is 5. The van der Waals surface area contributed by atoms with Gasteiger partial charge in [0.25, 0.3) is 0 Å². The van der Waals surface area contributed by atoms with Gasteiger partial charge in [-0.15, -0.1) is 0 Å². The highest BCUT2D eigenvalue weighted by Gasteiger charge is 2.05. The first-order valence-corrected chi connectivity index (χ1v) is 6.00. The van der Waals surface area contributed by atoms with Gasteiger partial charge in [0.1, 0.15) is 0 Å². The first-order valence-electron chi connectivity index (χ1n) is 6.00. The summed E-state index contributed by atoms with van der Waals surface area (Å²) < 4.78 is 1.71. The molecule has 0 bridgehead atoms. The van der Waals surface area contributed by atoms with E-state index >= 15 is 0 Å². The lowest BCUT2D eigenvalue weighted by atomic mass is 10.1. The van der Waals surface area contributed by atoms with E-state index in [2.05, 4.69) is 12.0 Å². The molecule has 0 unspecified atom stereocenters. The van der Waals surface area contributed by atoms with Crippen LogP contribution < -0.4 is 0 Å². The Bertz CT molecular complexity index is 321. The number of carboxylic acid groups (broad SMARTS) is 1. The summed E-state index contributed by atoms with van der Waals surface area (Å²) >= 11 is 0. The number of carbonyl (C=O) groups is 1. The number of aryl methyl sites for hydroxylation is 1. The van der Waals surface area contributed by atoms with Crippen LogP contribution in [0.25, 0.3) is 0 Å². The van der Waals surface area contributed by atoms with Crippen molar-refractivity contribution in [2.75, 3.05) is 0 Å². The Morgan fingerprint density at radius 1 is 1.31 bits per heavy atom. The van der Waals surface area contributed by atoms with Crippen LogP contribution in [0.2, 0.25) is 0 Å². The van der Waals surface area contributed by atoms with Gasteiger partial charge >= 0.3 is 5.97 Å². The molecule has 16 heavy (non-hydrogen) atoms. The first kappa shape index (κ1) is 12.7. The maximum atomic E-state index is 10.6. The quantitative estimate of drug-likeness (QED) is 0.691. The fourth-order valence-corrected chi connectivity index (χ4v) is 1.65. The molecule has 90 valence electrons. The molecule has 0 aliphatic carbocycles. The summed E-state index contributed by atoms with van der Waals surface area (Å²) in [6.45, 7) is 3.02. The zero-order valence-electron chi connectivity index (χ0n) is 9.85. The highest BCUT2D eigenvalue weighted by atomic mass is 16.4. The molecule has 4 heteroatoms. The average Bonchev–Trinajstić information content (AvgIpc) is 2.72. The number of hydrogen-bond acceptors (Lipinski definition) is 2. The van der Waals surface area contributed by atoms with Crippen molar-refractivity contribution in [3.8, 4) is 0 Å². The molecule has 4 nitrogen and oxygen atoms in total. The van der Waals surface area contributed by atoms with E-state index < -0.39 is 5.97 Å². The second kappa shape index (κ2) is 7.04. The number of aromatic nitrogens is 2. The van der Waals surface area contributed by atoms with Crippen LogP contribution in [0.3, 0.4) is 0 Å². The zero-order chi connectivity index (χ0) is 11.8. The van der Waals surface area contributed by atoms with Gasteiger partial charge in [0.2, 0.25) is 0 Å². The third-order valence-electron chi connectivity index (χ3n) is 2.60. The van der Waals surface area contributed by atoms with E-state index in [0.717, 1.165) is 13.0 Å². The standard InChI is InChI=1S/C12H20N2O2/c1-2-3-4-5-6-7-9-14-10-8-11(13-14)12(15)16/h8,10H,2-7,9H2,1H3,(H,15,16). The normalized spacial score (nSPS) is 10.6. The molecule has 1 rings (SSSR count). The molecule has 0 fully saturated rings. The molecule has 0 aliphatic heterocycles. The monoisotopic (exact) mass is 224 g/mol. The van der Waals surface area contributed by atoms with E-state index in [4.69, 9.17) is 5.11 Å². The van der Waals surface area contributed by atoms with Crippen LogP contribution in [-0.2, 0) is 6.54 Å². The molecule has 1 N–H and O–H groups in total. The van der Waals surface area contributed by atoms with Crippen LogP contribution >= 0.6 is 0 Å². The van der Waals surface area contributed by atoms with Gasteiger partial charge in [-0.2, -0.15) is 5.10 Å². The van der Waals surface area contributed by atoms with Crippen molar-refractivity contribution in [1.29, 1.82) is 0 Å². The molecule has 0 saturated carbocycles. The molecule has 0 saturated heterocycles. The zero-order valence-corrected chi connectivity index (χ0v) is 9.85. The van der Waals surface area contributed by atoms with Crippen LogP contribution in [0.4, 0.5) is 0 Å². The number of nitrogens with zero attached hydrogens (tertiary/aromatic N) is 2. The van der Waals surface area contributed by atoms with E-state index in [0.29, 0.717) is 0 Å². The maximum absolute atomic E-state index is 10.6. The van der Waals surface area contributed by atoms with Gasteiger partial charge in [-0.25, -0.2) is 4.79 Å². The second-order valence-corrected chi connectivity index (χ2v) is 4.04. The Labute approximate surface area is 96.3 Å². The fraction of sp³-hybridized carbons (Fsp3) is 0.667. The van der Waals surface area contributed by atoms with Crippen molar-refractivity contribution >= 4 is 5.97 Å². The van der Waals surface area contributed by atoms with Crippen molar-refractivity contribution in [2.45, 2.75) is 52.0 Å². The minimum atomic E-state index is -0.957. The summed E-state index contributed by atoms with van der Waals surface area (Å²) in [5.74, 6) is -0.957. The van der Waals surface area contributed by atoms with E-state index in [1.54, 1.807) is 16.9 Å². The SMILES string of the molecule is CCCCCCCCn1ccc(C(=O)O)n1. The predicted octanol–water partition coefficient (Wildman–Crippen LogP) is 2.94. The van der Waals surface area contributed by atoms with Crippen molar-refractivity contribution in [3.63, 3.8) is 0 Å². The first-order chi connectivity index (χ1) is 7.74. The molecular formula is C12H20N2O2. The number of carboxylic acids is 1. The number of rotatable bonds is 8. The van der Waals surface area contributed by atoms with Gasteiger partial charge in [0.15, 0.2) is 5.69 Å². The maximum Gasteiger partial charge on any atom is 0.356 e. The molecule has 1 aromatic rings. The Morgan fingerprint density at radius 2 is 2.00 bits per heavy atom. The number of hydrogen-bond donors (Lipinski definition) is 1. The van der Waals surface area contributed by atoms with Crippen LogP contribution in [0, 0.1) is 0 Å². The molecule has 0 amide bonds. The fourth-order valence-electron chi connectivity index (χ4n) is 1.65. The van der Waals surface area contributed by atoms with Crippen molar-refractivity contribution < 1.29 is 9.90 Å². The van der Waals surface area contributed by atoms with E-state index in [1.807, 2.05) is 0 Å². The Balaban J connectivity index is 2.14. The van der Waals surface area contributed by atoms with Crippen LogP contribution in [0.5, 0.6) is 0 Å². The summed E-state index contributed by atoms with van der Waals surface area (Å²) in [5.41, 5.74) is 0.131. The average molecular weight is 224 g/mol. The van der Waals surface area contributed by atoms with Crippen LogP contribution in [0.1, 0.15) is 55.9 Å². The lowest BCUT2D eigenvalue weighted by molar-refractivity contribution is 0.0689. The third-order valence-corrected chi connectivity index (χ3v) is 2.60. The minimum Gasteiger partial charge on any atom is -0.476 e. The van der Waals surface area contributed by atoms with Gasteiger partial charge < -0.3 is 5.11 Å². The molecule has 0 aliphatic rings. The predicted molar refractivity (Wildman–Crippen MR) is 62.6 cm³/mol. The topological polar surface area (TPSA) is 55.1 Å². The van der Waals surface area contributed by atoms with E-state index in [9.17, 15) is 4.79 Å². The highest BCUT2D eigenvalue weighted by Crippen LogP contribution is 2.06. The molecule has 0 aromatic carbocycles. The molecule has 0 atom stereocenters. The molecule has 0 radical (unpaired) electrons. The highest BCUT2D eigenvalue weighted by molar-refractivity contribution is 5.84. The van der Waals surface area contributed by atoms with E-state index in [-0.39, 0.29) is 5.69 Å². The summed E-state index contributed by atoms with van der Waals surface area (Å²) in [6.07, 6.45) is 9.14. The largest absolute Gasteiger partial charge is 0.476 e. The van der Waals surface area contributed by atoms with Crippen molar-refractivity contribution in [2.24, 2.45) is 0 Å². The van der Waals surface area contributed by atoms with Gasteiger partial charge in [0.05, 0.1) is 0 Å². The van der Waals surface area contributed by atoms with Gasteiger partial charge in [0, 0.05) is 12.7 Å². The summed E-state index contributed by atoms with van der Waals surface area (Å²) in [6, 6.07) is 1.54. The summed E-state index contributed by atoms with van der Waals surface area (Å²) in [7, 11) is 0. The van der Waals surface area contributed by atoms with Gasteiger partial charge in [-0.3, -0.25) is 4.68 Å². The molecular weight excluding hydrogens is 204 g/mol. The minimum absolute atomic E-state index is 0.131. The lowest BCUT2D eigenvalue weighted by Gasteiger charge is -2.01. The van der Waals surface area contributed by atoms with Crippen LogP contribution in [0.15, 0.2) is 12.3 Å². The summed E-state index contributed by atoms with van der Waals surface area (Å²) in [4.78, 5) is 10.6.